The Balaban J connectivity index is 1.43. The maximum absolute atomic E-state index is 6.99. The first-order valence-electron chi connectivity index (χ1n) is 13.4. The number of aryl methyl sites for hydroxylation is 1. The van der Waals surface area contributed by atoms with Gasteiger partial charge in [0.05, 0.1) is 28.5 Å². The zero-order chi connectivity index (χ0) is 27.3. The van der Waals surface area contributed by atoms with Crippen LogP contribution in [-0.4, -0.2) is 42.7 Å². The molecule has 4 atom stereocenters. The smallest absolute Gasteiger partial charge is 0.174 e. The van der Waals surface area contributed by atoms with Gasteiger partial charge in [-0.15, -0.1) is 10.2 Å². The van der Waals surface area contributed by atoms with Crippen molar-refractivity contribution in [3.05, 3.63) is 89.0 Å². The number of hydrogen-bond donors (Lipinski definition) is 1. The Morgan fingerprint density at radius 2 is 1.74 bits per heavy atom. The number of rotatable bonds is 5. The standard InChI is InChI=1S/C29H33ClN8S/c1-18-11-19(2)15-35(14-18)26-9-8-22(13-24(26)30)37-28(27(34-29(37)39)25-7-5-6-10-31-25)23-12-20(3)38(21(23)4)36-16-32-33-17-36/h5-10,12-13,16-19,27-28H,11,14-15H2,1-4H3,(H,34,39)/t18-,19+,27-,28-/m0/s1. The summed E-state index contributed by atoms with van der Waals surface area (Å²) in [7, 11) is 0. The number of thiocarbonyl (C=S) groups is 1. The quantitative estimate of drug-likeness (QED) is 0.313. The van der Waals surface area contributed by atoms with E-state index in [9.17, 15) is 0 Å². The first kappa shape index (κ1) is 25.8. The number of aromatic nitrogens is 5. The van der Waals surface area contributed by atoms with E-state index < -0.39 is 0 Å². The van der Waals surface area contributed by atoms with Crippen LogP contribution in [0, 0.1) is 25.7 Å². The lowest BCUT2D eigenvalue weighted by Gasteiger charge is -2.37. The molecule has 0 aliphatic carbocycles. The minimum Gasteiger partial charge on any atom is -0.370 e. The van der Waals surface area contributed by atoms with Gasteiger partial charge in [-0.1, -0.05) is 31.5 Å². The van der Waals surface area contributed by atoms with Crippen LogP contribution in [0.1, 0.15) is 55.0 Å². The van der Waals surface area contributed by atoms with Crippen LogP contribution in [0.4, 0.5) is 11.4 Å². The van der Waals surface area contributed by atoms with E-state index in [1.54, 1.807) is 12.7 Å². The van der Waals surface area contributed by atoms with Gasteiger partial charge in [-0.2, -0.15) is 0 Å². The number of anilines is 2. The van der Waals surface area contributed by atoms with Crippen LogP contribution < -0.4 is 15.1 Å². The van der Waals surface area contributed by atoms with Crippen molar-refractivity contribution in [2.24, 2.45) is 11.8 Å². The SMILES string of the molecule is Cc1cc([C@H]2[C@H](c3ccccn3)NC(=S)N2c2ccc(N3C[C@H](C)C[C@H](C)C3)c(Cl)c2)c(C)n1-n1cnnc1. The second-order valence-electron chi connectivity index (χ2n) is 11.0. The molecule has 39 heavy (non-hydrogen) atoms. The van der Waals surface area contributed by atoms with Crippen LogP contribution >= 0.6 is 23.8 Å². The molecule has 5 heterocycles. The van der Waals surface area contributed by atoms with E-state index in [1.807, 2.05) is 29.1 Å². The van der Waals surface area contributed by atoms with Crippen molar-refractivity contribution in [2.75, 3.05) is 22.9 Å². The Morgan fingerprint density at radius 3 is 2.41 bits per heavy atom. The largest absolute Gasteiger partial charge is 0.370 e. The Morgan fingerprint density at radius 1 is 1.00 bits per heavy atom. The number of pyridine rings is 1. The molecule has 3 aromatic heterocycles. The minimum atomic E-state index is -0.143. The second-order valence-corrected chi connectivity index (χ2v) is 11.8. The van der Waals surface area contributed by atoms with E-state index in [0.29, 0.717) is 16.9 Å². The maximum Gasteiger partial charge on any atom is 0.174 e. The molecule has 8 nitrogen and oxygen atoms in total. The number of hydrogen-bond acceptors (Lipinski definition) is 5. The van der Waals surface area contributed by atoms with Gasteiger partial charge in [0.2, 0.25) is 0 Å². The van der Waals surface area contributed by atoms with Gasteiger partial charge in [0.25, 0.3) is 0 Å². The number of piperidine rings is 1. The molecule has 4 aromatic rings. The molecule has 0 amide bonds. The topological polar surface area (TPSA) is 67.0 Å². The molecule has 0 saturated carbocycles. The Labute approximate surface area is 239 Å². The number of nitrogens with one attached hydrogen (secondary N) is 1. The second kappa shape index (κ2) is 10.3. The zero-order valence-corrected chi connectivity index (χ0v) is 24.2. The van der Waals surface area contributed by atoms with Crippen LogP contribution in [-0.2, 0) is 0 Å². The molecule has 1 aromatic carbocycles. The summed E-state index contributed by atoms with van der Waals surface area (Å²) in [5.74, 6) is 1.29. The molecule has 0 bridgehead atoms. The third-order valence-electron chi connectivity index (χ3n) is 7.91. The molecule has 2 saturated heterocycles. The molecule has 6 rings (SSSR count). The normalized spacial score (nSPS) is 23.4. The highest BCUT2D eigenvalue weighted by atomic mass is 35.5. The van der Waals surface area contributed by atoms with Gasteiger partial charge in [-0.3, -0.25) is 9.66 Å². The van der Waals surface area contributed by atoms with Crippen molar-refractivity contribution in [1.29, 1.82) is 0 Å². The van der Waals surface area contributed by atoms with Gasteiger partial charge in [0, 0.05) is 41.9 Å². The molecule has 202 valence electrons. The van der Waals surface area contributed by atoms with Crippen LogP contribution in [0.5, 0.6) is 0 Å². The zero-order valence-electron chi connectivity index (χ0n) is 22.6. The summed E-state index contributed by atoms with van der Waals surface area (Å²) in [6.07, 6.45) is 6.49. The van der Waals surface area contributed by atoms with Crippen molar-refractivity contribution in [3.63, 3.8) is 0 Å². The summed E-state index contributed by atoms with van der Waals surface area (Å²) >= 11 is 13.0. The van der Waals surface area contributed by atoms with Crippen molar-refractivity contribution in [2.45, 2.75) is 46.2 Å². The van der Waals surface area contributed by atoms with Gasteiger partial charge in [-0.05, 0) is 80.7 Å². The first-order chi connectivity index (χ1) is 18.8. The maximum atomic E-state index is 6.99. The lowest BCUT2D eigenvalue weighted by Crippen LogP contribution is -2.38. The number of benzene rings is 1. The first-order valence-corrected chi connectivity index (χ1v) is 14.2. The van der Waals surface area contributed by atoms with E-state index in [-0.39, 0.29) is 12.1 Å². The van der Waals surface area contributed by atoms with Gasteiger partial charge < -0.3 is 15.1 Å². The monoisotopic (exact) mass is 560 g/mol. The summed E-state index contributed by atoms with van der Waals surface area (Å²) < 4.78 is 4.00. The highest BCUT2D eigenvalue weighted by molar-refractivity contribution is 7.80. The fourth-order valence-electron chi connectivity index (χ4n) is 6.44. The summed E-state index contributed by atoms with van der Waals surface area (Å²) in [5.41, 5.74) is 6.26. The molecular formula is C29H33ClN8S. The van der Waals surface area contributed by atoms with E-state index in [2.05, 4.69) is 82.0 Å². The molecule has 0 radical (unpaired) electrons. The van der Waals surface area contributed by atoms with Crippen molar-refractivity contribution < 1.29 is 0 Å². The van der Waals surface area contributed by atoms with E-state index in [1.165, 1.54) is 6.42 Å². The molecular weight excluding hydrogens is 528 g/mol. The van der Waals surface area contributed by atoms with Gasteiger partial charge in [0.1, 0.15) is 12.7 Å². The van der Waals surface area contributed by atoms with Crippen molar-refractivity contribution in [3.8, 4) is 0 Å². The molecule has 10 heteroatoms. The molecule has 2 aliphatic rings. The average Bonchev–Trinajstić information content (AvgIpc) is 3.61. The number of nitrogens with zero attached hydrogens (tertiary/aromatic N) is 7. The Kier molecular flexibility index (Phi) is 6.81. The van der Waals surface area contributed by atoms with Gasteiger partial charge in [-0.25, -0.2) is 4.68 Å². The van der Waals surface area contributed by atoms with E-state index in [0.717, 1.165) is 52.1 Å². The molecule has 2 fully saturated rings. The third-order valence-corrected chi connectivity index (χ3v) is 8.52. The van der Waals surface area contributed by atoms with Crippen molar-refractivity contribution >= 4 is 40.3 Å². The highest BCUT2D eigenvalue weighted by Crippen LogP contribution is 2.45. The summed E-state index contributed by atoms with van der Waals surface area (Å²) in [5, 5.41) is 13.0. The summed E-state index contributed by atoms with van der Waals surface area (Å²) in [6, 6.07) is 14.3. The van der Waals surface area contributed by atoms with Crippen LogP contribution in [0.15, 0.2) is 61.3 Å². The molecule has 0 unspecified atom stereocenters. The Hall–Kier alpha value is -3.43. The van der Waals surface area contributed by atoms with Gasteiger partial charge >= 0.3 is 0 Å². The molecule has 2 aliphatic heterocycles. The Bertz CT molecular complexity index is 1470. The highest BCUT2D eigenvalue weighted by Gasteiger charge is 2.42. The minimum absolute atomic E-state index is 0.138. The van der Waals surface area contributed by atoms with Crippen LogP contribution in [0.2, 0.25) is 5.02 Å². The van der Waals surface area contributed by atoms with Crippen molar-refractivity contribution in [1.82, 2.24) is 29.9 Å². The fourth-order valence-corrected chi connectivity index (χ4v) is 7.08. The predicted molar refractivity (Wildman–Crippen MR) is 159 cm³/mol. The lowest BCUT2D eigenvalue weighted by molar-refractivity contribution is 0.357. The fraction of sp³-hybridized carbons (Fsp3) is 0.379. The predicted octanol–water partition coefficient (Wildman–Crippen LogP) is 5.72. The van der Waals surface area contributed by atoms with Crippen LogP contribution in [0.3, 0.4) is 0 Å². The van der Waals surface area contributed by atoms with E-state index >= 15 is 0 Å². The van der Waals surface area contributed by atoms with E-state index in [4.69, 9.17) is 28.8 Å². The van der Waals surface area contributed by atoms with Crippen LogP contribution in [0.25, 0.3) is 0 Å². The number of halogens is 1. The average molecular weight is 561 g/mol. The molecule has 1 N–H and O–H groups in total. The van der Waals surface area contributed by atoms with Gasteiger partial charge in [0.15, 0.2) is 5.11 Å². The lowest BCUT2D eigenvalue weighted by atomic mass is 9.91. The molecule has 0 spiro atoms. The summed E-state index contributed by atoms with van der Waals surface area (Å²) in [4.78, 5) is 9.31. The third kappa shape index (κ3) is 4.67. The summed E-state index contributed by atoms with van der Waals surface area (Å²) in [6.45, 7) is 10.9.